The first-order chi connectivity index (χ1) is 11.6. The molecule has 1 amide bonds. The quantitative estimate of drug-likeness (QED) is 0.612. The molecular weight excluding hydrogens is 410 g/mol. The fourth-order valence-corrected chi connectivity index (χ4v) is 3.66. The number of aromatic nitrogens is 4. The summed E-state index contributed by atoms with van der Waals surface area (Å²) in [6, 6.07) is 11.5. The van der Waals surface area contributed by atoms with E-state index in [1.807, 2.05) is 48.7 Å². The maximum absolute atomic E-state index is 12.3. The number of nitrogens with zero attached hydrogens (tertiary/aromatic N) is 4. The maximum atomic E-state index is 12.3. The Morgan fingerprint density at radius 1 is 1.38 bits per heavy atom. The van der Waals surface area contributed by atoms with Gasteiger partial charge >= 0.3 is 0 Å². The van der Waals surface area contributed by atoms with Crippen molar-refractivity contribution in [2.75, 3.05) is 5.32 Å². The molecule has 0 saturated carbocycles. The van der Waals surface area contributed by atoms with Crippen LogP contribution in [0.15, 0.2) is 51.4 Å². The Balaban J connectivity index is 1.62. The summed E-state index contributed by atoms with van der Waals surface area (Å²) < 4.78 is 2.68. The second-order valence-corrected chi connectivity index (χ2v) is 8.21. The smallest absolute Gasteiger partial charge is 0.237 e. The van der Waals surface area contributed by atoms with E-state index >= 15 is 0 Å². The Morgan fingerprint density at radius 3 is 2.88 bits per heavy atom. The number of thioether (sulfide) groups is 1. The van der Waals surface area contributed by atoms with E-state index in [1.165, 1.54) is 11.8 Å². The lowest BCUT2D eigenvalue weighted by molar-refractivity contribution is -0.115. The molecule has 1 N–H and O–H groups in total. The third-order valence-electron chi connectivity index (χ3n) is 3.15. The Labute approximate surface area is 155 Å². The van der Waals surface area contributed by atoms with Crippen LogP contribution in [0, 0.1) is 0 Å². The minimum Gasteiger partial charge on any atom is -0.325 e. The molecule has 6 nitrogen and oxygen atoms in total. The summed E-state index contributed by atoms with van der Waals surface area (Å²) in [4.78, 5) is 13.5. The highest BCUT2D eigenvalue weighted by Crippen LogP contribution is 2.23. The first-order valence-corrected chi connectivity index (χ1v) is 9.68. The number of thiophene rings is 1. The van der Waals surface area contributed by atoms with Gasteiger partial charge in [0, 0.05) is 15.0 Å². The van der Waals surface area contributed by atoms with Gasteiger partial charge in [0.1, 0.15) is 0 Å². The van der Waals surface area contributed by atoms with Crippen LogP contribution in [0.3, 0.4) is 0 Å². The van der Waals surface area contributed by atoms with Crippen molar-refractivity contribution in [1.82, 2.24) is 20.2 Å². The minimum absolute atomic E-state index is 0.0898. The lowest BCUT2D eigenvalue weighted by Crippen LogP contribution is -2.23. The van der Waals surface area contributed by atoms with Crippen LogP contribution in [-0.2, 0) is 11.3 Å². The number of halogens is 1. The third-order valence-corrected chi connectivity index (χ3v) is 5.61. The number of carbonyl (C=O) groups excluding carboxylic acids is 1. The van der Waals surface area contributed by atoms with Crippen molar-refractivity contribution in [2.45, 2.75) is 23.9 Å². The van der Waals surface area contributed by atoms with Crippen molar-refractivity contribution in [1.29, 1.82) is 0 Å². The summed E-state index contributed by atoms with van der Waals surface area (Å²) in [7, 11) is 0. The van der Waals surface area contributed by atoms with Crippen LogP contribution in [0.25, 0.3) is 0 Å². The van der Waals surface area contributed by atoms with Crippen molar-refractivity contribution < 1.29 is 4.79 Å². The SMILES string of the molecule is CC(Sc1nnnn1Cc1cccs1)C(=O)Nc1ccc(Br)cc1. The van der Waals surface area contributed by atoms with Crippen LogP contribution in [0.2, 0.25) is 0 Å². The monoisotopic (exact) mass is 423 g/mol. The highest BCUT2D eigenvalue weighted by molar-refractivity contribution is 9.10. The molecule has 1 unspecified atom stereocenters. The second kappa shape index (κ2) is 7.91. The lowest BCUT2D eigenvalue weighted by atomic mass is 10.3. The summed E-state index contributed by atoms with van der Waals surface area (Å²) in [5.41, 5.74) is 0.758. The number of nitrogens with one attached hydrogen (secondary N) is 1. The number of tetrazole rings is 1. The van der Waals surface area contributed by atoms with Gasteiger partial charge in [-0.25, -0.2) is 4.68 Å². The Bertz CT molecular complexity index is 804. The molecule has 1 aromatic carbocycles. The lowest BCUT2D eigenvalue weighted by Gasteiger charge is -2.11. The van der Waals surface area contributed by atoms with Crippen molar-refractivity contribution >= 4 is 50.6 Å². The summed E-state index contributed by atoms with van der Waals surface area (Å²) >= 11 is 6.36. The molecule has 2 aromatic heterocycles. The van der Waals surface area contributed by atoms with Gasteiger partial charge in [0.25, 0.3) is 0 Å². The van der Waals surface area contributed by atoms with Crippen LogP contribution >= 0.6 is 39.0 Å². The van der Waals surface area contributed by atoms with E-state index in [9.17, 15) is 4.79 Å². The number of hydrogen-bond donors (Lipinski definition) is 1. The van der Waals surface area contributed by atoms with E-state index < -0.39 is 0 Å². The standard InChI is InChI=1S/C15H14BrN5OS2/c1-10(14(22)17-12-6-4-11(16)5-7-12)24-15-18-19-20-21(15)9-13-3-2-8-23-13/h2-8,10H,9H2,1H3,(H,17,22). The summed E-state index contributed by atoms with van der Waals surface area (Å²) in [5, 5.41) is 17.0. The van der Waals surface area contributed by atoms with Gasteiger partial charge < -0.3 is 5.32 Å². The zero-order valence-corrected chi connectivity index (χ0v) is 15.9. The molecule has 0 bridgehead atoms. The van der Waals surface area contributed by atoms with Crippen molar-refractivity contribution in [2.24, 2.45) is 0 Å². The maximum Gasteiger partial charge on any atom is 0.237 e. The molecule has 9 heteroatoms. The third kappa shape index (κ3) is 4.43. The van der Waals surface area contributed by atoms with Gasteiger partial charge in [-0.2, -0.15) is 0 Å². The van der Waals surface area contributed by atoms with Crippen molar-refractivity contribution in [3.05, 3.63) is 51.1 Å². The summed E-state index contributed by atoms with van der Waals surface area (Å²) in [6.45, 7) is 2.44. The van der Waals surface area contributed by atoms with Crippen LogP contribution < -0.4 is 5.32 Å². The van der Waals surface area contributed by atoms with Crippen LogP contribution in [0.5, 0.6) is 0 Å². The largest absolute Gasteiger partial charge is 0.325 e. The molecule has 0 radical (unpaired) electrons. The zero-order valence-electron chi connectivity index (χ0n) is 12.7. The topological polar surface area (TPSA) is 72.7 Å². The molecule has 0 fully saturated rings. The molecule has 0 aliphatic heterocycles. The first kappa shape index (κ1) is 17.1. The van der Waals surface area contributed by atoms with E-state index in [-0.39, 0.29) is 11.2 Å². The Morgan fingerprint density at radius 2 is 2.17 bits per heavy atom. The molecule has 3 rings (SSSR count). The van der Waals surface area contributed by atoms with Crippen molar-refractivity contribution in [3.63, 3.8) is 0 Å². The summed E-state index contributed by atoms with van der Waals surface area (Å²) in [5.74, 6) is -0.0898. The zero-order chi connectivity index (χ0) is 16.9. The highest BCUT2D eigenvalue weighted by Gasteiger charge is 2.19. The molecule has 0 spiro atoms. The molecule has 0 saturated heterocycles. The predicted molar refractivity (Wildman–Crippen MR) is 99.3 cm³/mol. The number of anilines is 1. The molecule has 24 heavy (non-hydrogen) atoms. The molecule has 124 valence electrons. The van der Waals surface area contributed by atoms with E-state index in [4.69, 9.17) is 0 Å². The molecule has 1 atom stereocenters. The van der Waals surface area contributed by atoms with Gasteiger partial charge in [-0.1, -0.05) is 33.8 Å². The van der Waals surface area contributed by atoms with Gasteiger partial charge in [0.15, 0.2) is 0 Å². The van der Waals surface area contributed by atoms with Crippen LogP contribution in [0.1, 0.15) is 11.8 Å². The number of benzene rings is 1. The van der Waals surface area contributed by atoms with E-state index in [0.717, 1.165) is 15.0 Å². The van der Waals surface area contributed by atoms with Crippen molar-refractivity contribution in [3.8, 4) is 0 Å². The van der Waals surface area contributed by atoms with Gasteiger partial charge in [-0.15, -0.1) is 16.4 Å². The van der Waals surface area contributed by atoms with E-state index in [1.54, 1.807) is 16.0 Å². The second-order valence-electron chi connectivity index (χ2n) is 4.95. The van der Waals surface area contributed by atoms with E-state index in [2.05, 4.69) is 36.8 Å². The van der Waals surface area contributed by atoms with Gasteiger partial charge in [0.2, 0.25) is 11.1 Å². The molecule has 3 aromatic rings. The van der Waals surface area contributed by atoms with E-state index in [0.29, 0.717) is 11.7 Å². The fraction of sp³-hybridized carbons (Fsp3) is 0.200. The Hall–Kier alpha value is -1.71. The highest BCUT2D eigenvalue weighted by atomic mass is 79.9. The predicted octanol–water partition coefficient (Wildman–Crippen LogP) is 3.66. The van der Waals surface area contributed by atoms with Gasteiger partial charge in [0.05, 0.1) is 11.8 Å². The first-order valence-electron chi connectivity index (χ1n) is 7.13. The Kier molecular flexibility index (Phi) is 5.64. The molecule has 2 heterocycles. The van der Waals surface area contributed by atoms with Crippen LogP contribution in [0.4, 0.5) is 5.69 Å². The minimum atomic E-state index is -0.318. The van der Waals surface area contributed by atoms with Gasteiger partial charge in [-0.05, 0) is 53.1 Å². The van der Waals surface area contributed by atoms with Crippen LogP contribution in [-0.4, -0.2) is 31.4 Å². The normalized spacial score (nSPS) is 12.1. The fourth-order valence-electron chi connectivity index (χ4n) is 1.92. The average Bonchev–Trinajstić information content (AvgIpc) is 3.22. The molecular formula is C15H14BrN5OS2. The number of rotatable bonds is 6. The number of carbonyl (C=O) groups is 1. The number of hydrogen-bond acceptors (Lipinski definition) is 6. The average molecular weight is 424 g/mol. The summed E-state index contributed by atoms with van der Waals surface area (Å²) in [6.07, 6.45) is 0. The molecule has 0 aliphatic rings. The number of amides is 1. The molecule has 0 aliphatic carbocycles. The van der Waals surface area contributed by atoms with Gasteiger partial charge in [-0.3, -0.25) is 4.79 Å².